The van der Waals surface area contributed by atoms with E-state index in [1.807, 2.05) is 55.4 Å². The maximum absolute atomic E-state index is 13.4. The van der Waals surface area contributed by atoms with Gasteiger partial charge in [-0.1, -0.05) is 49.7 Å². The fourth-order valence-electron chi connectivity index (χ4n) is 4.36. The Morgan fingerprint density at radius 2 is 1.64 bits per heavy atom. The lowest BCUT2D eigenvalue weighted by Crippen LogP contribution is -2.29. The molecule has 1 saturated heterocycles. The Morgan fingerprint density at radius 1 is 1.00 bits per heavy atom. The van der Waals surface area contributed by atoms with Gasteiger partial charge in [0, 0.05) is 31.0 Å². The van der Waals surface area contributed by atoms with Crippen molar-refractivity contribution in [2.45, 2.75) is 25.8 Å². The summed E-state index contributed by atoms with van der Waals surface area (Å²) in [5.41, 5.74) is 3.71. The maximum atomic E-state index is 13.4. The summed E-state index contributed by atoms with van der Waals surface area (Å²) in [4.78, 5) is 30.1. The standard InChI is InChI=1S/C29H29ClN2O4/c1-17(2)18-6-8-19(9-7-18)26-25(27(33)20-10-15-24(36-5)23(30)16-20)28(34)29(35)32(26)22-13-11-21(12-14-22)31(3)4/h6-17,26,33H,1-5H3/b27-25-. The highest BCUT2D eigenvalue weighted by Gasteiger charge is 2.47. The molecule has 4 rings (SSSR count). The van der Waals surface area contributed by atoms with Gasteiger partial charge in [-0.3, -0.25) is 14.5 Å². The van der Waals surface area contributed by atoms with E-state index in [0.29, 0.717) is 22.9 Å². The van der Waals surface area contributed by atoms with E-state index in [0.717, 1.165) is 16.8 Å². The first-order valence-corrected chi connectivity index (χ1v) is 12.0. The highest BCUT2D eigenvalue weighted by Crippen LogP contribution is 2.43. The number of Topliss-reactive ketones (excluding diaryl/α,β-unsaturated/α-hetero) is 1. The molecule has 0 saturated carbocycles. The van der Waals surface area contributed by atoms with Crippen LogP contribution >= 0.6 is 11.6 Å². The molecule has 1 aliphatic rings. The van der Waals surface area contributed by atoms with Crippen LogP contribution in [0.5, 0.6) is 5.75 Å². The average molecular weight is 505 g/mol. The van der Waals surface area contributed by atoms with Crippen molar-refractivity contribution >= 4 is 40.4 Å². The molecule has 1 atom stereocenters. The molecule has 186 valence electrons. The summed E-state index contributed by atoms with van der Waals surface area (Å²) < 4.78 is 5.20. The molecule has 1 aliphatic heterocycles. The van der Waals surface area contributed by atoms with Crippen LogP contribution in [0.4, 0.5) is 11.4 Å². The van der Waals surface area contributed by atoms with Crippen molar-refractivity contribution in [3.63, 3.8) is 0 Å². The first-order chi connectivity index (χ1) is 17.1. The SMILES string of the molecule is COc1ccc(/C(O)=C2/C(=O)C(=O)N(c3ccc(N(C)C)cc3)C2c2ccc(C(C)C)cc2)cc1Cl. The molecule has 0 radical (unpaired) electrons. The van der Waals surface area contributed by atoms with E-state index in [-0.39, 0.29) is 16.4 Å². The summed E-state index contributed by atoms with van der Waals surface area (Å²) in [7, 11) is 5.35. The quantitative estimate of drug-likeness (QED) is 0.247. The molecule has 1 amide bonds. The number of hydrogen-bond donors (Lipinski definition) is 1. The van der Waals surface area contributed by atoms with Crippen LogP contribution in [-0.2, 0) is 9.59 Å². The van der Waals surface area contributed by atoms with Gasteiger partial charge in [0.1, 0.15) is 11.5 Å². The number of anilines is 2. The van der Waals surface area contributed by atoms with E-state index in [4.69, 9.17) is 16.3 Å². The number of ether oxygens (including phenoxy) is 1. The largest absolute Gasteiger partial charge is 0.507 e. The number of carbonyl (C=O) groups excluding carboxylic acids is 2. The number of amides is 1. The van der Waals surface area contributed by atoms with Gasteiger partial charge in [-0.15, -0.1) is 0 Å². The Balaban J connectivity index is 1.90. The highest BCUT2D eigenvalue weighted by atomic mass is 35.5. The molecule has 0 bridgehead atoms. The summed E-state index contributed by atoms with van der Waals surface area (Å²) in [6.07, 6.45) is 0. The first kappa shape index (κ1) is 25.3. The van der Waals surface area contributed by atoms with Crippen molar-refractivity contribution in [1.29, 1.82) is 0 Å². The number of benzene rings is 3. The predicted octanol–water partition coefficient (Wildman–Crippen LogP) is 6.16. The summed E-state index contributed by atoms with van der Waals surface area (Å²) in [6, 6.07) is 19.1. The summed E-state index contributed by atoms with van der Waals surface area (Å²) in [5, 5.41) is 11.6. The first-order valence-electron chi connectivity index (χ1n) is 11.7. The van der Waals surface area contributed by atoms with Crippen LogP contribution < -0.4 is 14.5 Å². The van der Waals surface area contributed by atoms with Crippen molar-refractivity contribution in [2.75, 3.05) is 31.0 Å². The number of nitrogens with zero attached hydrogens (tertiary/aromatic N) is 2. The van der Waals surface area contributed by atoms with E-state index in [2.05, 4.69) is 13.8 Å². The lowest BCUT2D eigenvalue weighted by atomic mass is 9.93. The zero-order valence-corrected chi connectivity index (χ0v) is 21.7. The molecule has 3 aromatic rings. The lowest BCUT2D eigenvalue weighted by Gasteiger charge is -2.26. The normalized spacial score (nSPS) is 17.1. The number of rotatable bonds is 6. The van der Waals surface area contributed by atoms with Crippen molar-refractivity contribution in [1.82, 2.24) is 0 Å². The van der Waals surface area contributed by atoms with Crippen LogP contribution in [0.2, 0.25) is 5.02 Å². The zero-order valence-electron chi connectivity index (χ0n) is 20.9. The van der Waals surface area contributed by atoms with Gasteiger partial charge >= 0.3 is 0 Å². The Kier molecular flexibility index (Phi) is 7.09. The molecule has 6 nitrogen and oxygen atoms in total. The lowest BCUT2D eigenvalue weighted by molar-refractivity contribution is -0.132. The minimum absolute atomic E-state index is 0.00946. The number of methoxy groups -OCH3 is 1. The molecular weight excluding hydrogens is 476 g/mol. The fourth-order valence-corrected chi connectivity index (χ4v) is 4.62. The Hall–Kier alpha value is -3.77. The molecule has 1 heterocycles. The summed E-state index contributed by atoms with van der Waals surface area (Å²) in [6.45, 7) is 4.20. The van der Waals surface area contributed by atoms with E-state index in [1.165, 1.54) is 18.1 Å². The number of ketones is 1. The van der Waals surface area contributed by atoms with Crippen LogP contribution in [0.15, 0.2) is 72.3 Å². The molecule has 0 spiro atoms. The zero-order chi connectivity index (χ0) is 26.1. The van der Waals surface area contributed by atoms with Gasteiger partial charge < -0.3 is 14.7 Å². The molecule has 7 heteroatoms. The van der Waals surface area contributed by atoms with Crippen LogP contribution in [0.3, 0.4) is 0 Å². The van der Waals surface area contributed by atoms with Crippen molar-refractivity contribution in [3.05, 3.63) is 94.0 Å². The summed E-state index contributed by atoms with van der Waals surface area (Å²) in [5.74, 6) is -0.982. The summed E-state index contributed by atoms with van der Waals surface area (Å²) >= 11 is 6.29. The molecular formula is C29H29ClN2O4. The molecule has 1 fully saturated rings. The third-order valence-corrected chi connectivity index (χ3v) is 6.73. The van der Waals surface area contributed by atoms with Crippen LogP contribution in [0.1, 0.15) is 42.5 Å². The van der Waals surface area contributed by atoms with Crippen molar-refractivity contribution in [2.24, 2.45) is 0 Å². The topological polar surface area (TPSA) is 70.1 Å². The second kappa shape index (κ2) is 10.1. The number of hydrogen-bond acceptors (Lipinski definition) is 5. The highest BCUT2D eigenvalue weighted by molar-refractivity contribution is 6.51. The number of halogens is 1. The second-order valence-electron chi connectivity index (χ2n) is 9.25. The Bertz CT molecular complexity index is 1330. The molecule has 0 aliphatic carbocycles. The minimum Gasteiger partial charge on any atom is -0.507 e. The van der Waals surface area contributed by atoms with Crippen LogP contribution in [0, 0.1) is 0 Å². The van der Waals surface area contributed by atoms with E-state index >= 15 is 0 Å². The molecule has 36 heavy (non-hydrogen) atoms. The number of aliphatic hydroxyl groups excluding tert-OH is 1. The fraction of sp³-hybridized carbons (Fsp3) is 0.241. The van der Waals surface area contributed by atoms with E-state index in [9.17, 15) is 14.7 Å². The Labute approximate surface area is 216 Å². The van der Waals surface area contributed by atoms with Crippen molar-refractivity contribution < 1.29 is 19.4 Å². The van der Waals surface area contributed by atoms with Gasteiger partial charge in [0.2, 0.25) is 0 Å². The smallest absolute Gasteiger partial charge is 0.300 e. The van der Waals surface area contributed by atoms with E-state index < -0.39 is 17.7 Å². The Morgan fingerprint density at radius 3 is 2.17 bits per heavy atom. The van der Waals surface area contributed by atoms with Gasteiger partial charge in [0.15, 0.2) is 0 Å². The average Bonchev–Trinajstić information content (AvgIpc) is 3.13. The monoisotopic (exact) mass is 504 g/mol. The molecule has 1 unspecified atom stereocenters. The number of aliphatic hydroxyl groups is 1. The minimum atomic E-state index is -0.808. The second-order valence-corrected chi connectivity index (χ2v) is 9.66. The predicted molar refractivity (Wildman–Crippen MR) is 144 cm³/mol. The van der Waals surface area contributed by atoms with Gasteiger partial charge in [-0.2, -0.15) is 0 Å². The van der Waals surface area contributed by atoms with E-state index in [1.54, 1.807) is 24.3 Å². The maximum Gasteiger partial charge on any atom is 0.300 e. The van der Waals surface area contributed by atoms with Gasteiger partial charge in [0.05, 0.1) is 23.7 Å². The van der Waals surface area contributed by atoms with Crippen molar-refractivity contribution in [3.8, 4) is 5.75 Å². The molecule has 1 N–H and O–H groups in total. The van der Waals surface area contributed by atoms with Gasteiger partial charge in [-0.05, 0) is 59.5 Å². The number of carbonyl (C=O) groups is 2. The third-order valence-electron chi connectivity index (χ3n) is 6.43. The van der Waals surface area contributed by atoms with Crippen LogP contribution in [0.25, 0.3) is 5.76 Å². The molecule has 0 aromatic heterocycles. The molecule has 3 aromatic carbocycles. The van der Waals surface area contributed by atoms with Crippen LogP contribution in [-0.4, -0.2) is 38.0 Å². The van der Waals surface area contributed by atoms with Gasteiger partial charge in [-0.25, -0.2) is 0 Å². The van der Waals surface area contributed by atoms with Gasteiger partial charge in [0.25, 0.3) is 11.7 Å². The third kappa shape index (κ3) is 4.56.